The van der Waals surface area contributed by atoms with E-state index in [-0.39, 0.29) is 18.4 Å². The van der Waals surface area contributed by atoms with Crippen molar-refractivity contribution in [2.75, 3.05) is 33.2 Å². The Labute approximate surface area is 121 Å². The predicted molar refractivity (Wildman–Crippen MR) is 75.3 cm³/mol. The van der Waals surface area contributed by atoms with Crippen molar-refractivity contribution in [1.82, 2.24) is 15.1 Å². The van der Waals surface area contributed by atoms with Crippen LogP contribution in [0.5, 0.6) is 0 Å². The molecule has 1 N–H and O–H groups in total. The van der Waals surface area contributed by atoms with Gasteiger partial charge in [0.15, 0.2) is 0 Å². The monoisotopic (exact) mass is 301 g/mol. The normalized spacial score (nSPS) is 16.2. The largest absolute Gasteiger partial charge is 0.354 e. The third kappa shape index (κ3) is 4.19. The van der Waals surface area contributed by atoms with E-state index in [2.05, 4.69) is 5.32 Å². The van der Waals surface area contributed by atoms with Gasteiger partial charge in [-0.3, -0.25) is 14.5 Å². The number of halogens is 1. The second kappa shape index (κ2) is 6.36. The quantitative estimate of drug-likeness (QED) is 0.895. The van der Waals surface area contributed by atoms with Crippen LogP contribution >= 0.6 is 22.9 Å². The van der Waals surface area contributed by atoms with Crippen LogP contribution in [0.3, 0.4) is 0 Å². The minimum Gasteiger partial charge on any atom is -0.354 e. The van der Waals surface area contributed by atoms with Gasteiger partial charge in [0.2, 0.25) is 11.8 Å². The van der Waals surface area contributed by atoms with Crippen LogP contribution in [0, 0.1) is 0 Å². The van der Waals surface area contributed by atoms with Gasteiger partial charge >= 0.3 is 0 Å². The van der Waals surface area contributed by atoms with Crippen LogP contribution < -0.4 is 5.32 Å². The van der Waals surface area contributed by atoms with Crippen molar-refractivity contribution in [1.29, 1.82) is 0 Å². The van der Waals surface area contributed by atoms with Gasteiger partial charge in [-0.2, -0.15) is 0 Å². The lowest BCUT2D eigenvalue weighted by atomic mass is 10.3. The number of amides is 2. The van der Waals surface area contributed by atoms with E-state index in [9.17, 15) is 9.59 Å². The number of piperazine rings is 1. The lowest BCUT2D eigenvalue weighted by Crippen LogP contribution is -2.50. The first-order valence-corrected chi connectivity index (χ1v) is 7.21. The molecule has 1 aliphatic heterocycles. The highest BCUT2D eigenvalue weighted by molar-refractivity contribution is 7.16. The van der Waals surface area contributed by atoms with Crippen molar-refractivity contribution in [3.05, 3.63) is 21.3 Å². The molecule has 1 aromatic heterocycles. The van der Waals surface area contributed by atoms with E-state index in [0.717, 1.165) is 15.8 Å². The van der Waals surface area contributed by atoms with Crippen molar-refractivity contribution in [2.45, 2.75) is 6.54 Å². The highest BCUT2D eigenvalue weighted by Crippen LogP contribution is 2.22. The van der Waals surface area contributed by atoms with Crippen LogP contribution in [0.25, 0.3) is 0 Å². The molecule has 2 amide bonds. The van der Waals surface area contributed by atoms with Crippen molar-refractivity contribution in [2.24, 2.45) is 0 Å². The van der Waals surface area contributed by atoms with Gasteiger partial charge in [0.1, 0.15) is 0 Å². The van der Waals surface area contributed by atoms with Gasteiger partial charge < -0.3 is 10.2 Å². The van der Waals surface area contributed by atoms with E-state index in [1.165, 1.54) is 11.3 Å². The molecule has 0 spiro atoms. The third-order valence-electron chi connectivity index (χ3n) is 2.92. The first-order chi connectivity index (χ1) is 9.04. The Morgan fingerprint density at radius 2 is 2.37 bits per heavy atom. The van der Waals surface area contributed by atoms with Gasteiger partial charge in [0, 0.05) is 25.0 Å². The van der Waals surface area contributed by atoms with Gasteiger partial charge in [-0.25, -0.2) is 0 Å². The number of hydrogen-bond donors (Lipinski definition) is 1. The van der Waals surface area contributed by atoms with E-state index < -0.39 is 0 Å². The van der Waals surface area contributed by atoms with E-state index in [1.807, 2.05) is 17.0 Å². The Morgan fingerprint density at radius 3 is 3.00 bits per heavy atom. The first kappa shape index (κ1) is 14.3. The maximum atomic E-state index is 12.1. The minimum absolute atomic E-state index is 0.0132. The Balaban J connectivity index is 1.83. The summed E-state index contributed by atoms with van der Waals surface area (Å²) in [6, 6.07) is 3.75. The van der Waals surface area contributed by atoms with Crippen molar-refractivity contribution < 1.29 is 9.59 Å². The van der Waals surface area contributed by atoms with Gasteiger partial charge in [-0.15, -0.1) is 11.3 Å². The molecule has 1 fully saturated rings. The zero-order valence-corrected chi connectivity index (χ0v) is 12.3. The molecule has 0 aromatic carbocycles. The van der Waals surface area contributed by atoms with Gasteiger partial charge in [-0.1, -0.05) is 11.6 Å². The summed E-state index contributed by atoms with van der Waals surface area (Å²) in [5, 5.41) is 2.74. The molecule has 1 aromatic rings. The van der Waals surface area contributed by atoms with E-state index >= 15 is 0 Å². The average molecular weight is 302 g/mol. The molecular formula is C12H16ClN3O2S. The fourth-order valence-electron chi connectivity index (χ4n) is 1.90. The molecule has 0 unspecified atom stereocenters. The van der Waals surface area contributed by atoms with Crippen LogP contribution in [-0.2, 0) is 16.1 Å². The number of likely N-dealkylation sites (N-methyl/N-ethyl adjacent to an activating group) is 1. The standard InChI is InChI=1S/C12H16ClN3O2S/c1-15(6-9-2-3-10(13)19-9)12(18)8-16-5-4-14-11(17)7-16/h2-3H,4-8H2,1H3,(H,14,17). The average Bonchev–Trinajstić information content (AvgIpc) is 2.74. The van der Waals surface area contributed by atoms with Crippen LogP contribution in [0.1, 0.15) is 4.88 Å². The number of carbonyl (C=O) groups excluding carboxylic acids is 2. The Hall–Kier alpha value is -1.11. The number of thiophene rings is 1. The Bertz CT molecular complexity index is 477. The van der Waals surface area contributed by atoms with Crippen LogP contribution in [0.15, 0.2) is 12.1 Å². The molecule has 1 saturated heterocycles. The number of nitrogens with zero attached hydrogens (tertiary/aromatic N) is 2. The van der Waals surface area contributed by atoms with Gasteiger partial charge in [-0.05, 0) is 12.1 Å². The molecule has 0 saturated carbocycles. The summed E-state index contributed by atoms with van der Waals surface area (Å²) < 4.78 is 0.726. The van der Waals surface area contributed by atoms with E-state index in [1.54, 1.807) is 11.9 Å². The third-order valence-corrected chi connectivity index (χ3v) is 4.14. The predicted octanol–water partition coefficient (Wildman–Crippen LogP) is 0.792. The summed E-state index contributed by atoms with van der Waals surface area (Å²) in [7, 11) is 1.76. The SMILES string of the molecule is CN(Cc1ccc(Cl)s1)C(=O)CN1CCNC(=O)C1. The van der Waals surface area contributed by atoms with Crippen LogP contribution in [0.2, 0.25) is 4.34 Å². The summed E-state index contributed by atoms with van der Waals surface area (Å²) >= 11 is 7.33. The maximum absolute atomic E-state index is 12.1. The van der Waals surface area contributed by atoms with Crippen LogP contribution in [0.4, 0.5) is 0 Å². The number of nitrogens with one attached hydrogen (secondary N) is 1. The summed E-state index contributed by atoms with van der Waals surface area (Å²) in [6.45, 7) is 2.45. The summed E-state index contributed by atoms with van der Waals surface area (Å²) in [5.41, 5.74) is 0. The van der Waals surface area contributed by atoms with Gasteiger partial charge in [0.25, 0.3) is 0 Å². The Kier molecular flexibility index (Phi) is 4.79. The second-order valence-corrected chi connectivity index (χ2v) is 6.32. The summed E-state index contributed by atoms with van der Waals surface area (Å²) in [4.78, 5) is 27.9. The highest BCUT2D eigenvalue weighted by Gasteiger charge is 2.20. The topological polar surface area (TPSA) is 52.7 Å². The lowest BCUT2D eigenvalue weighted by Gasteiger charge is -2.27. The molecule has 0 bridgehead atoms. The van der Waals surface area contributed by atoms with E-state index in [4.69, 9.17) is 11.6 Å². The zero-order chi connectivity index (χ0) is 13.8. The fourth-order valence-corrected chi connectivity index (χ4v) is 3.04. The number of carbonyl (C=O) groups is 2. The fraction of sp³-hybridized carbons (Fsp3) is 0.500. The molecule has 7 heteroatoms. The smallest absolute Gasteiger partial charge is 0.236 e. The molecule has 0 atom stereocenters. The first-order valence-electron chi connectivity index (χ1n) is 6.02. The van der Waals surface area contributed by atoms with Crippen molar-refractivity contribution >= 4 is 34.8 Å². The molecule has 19 heavy (non-hydrogen) atoms. The van der Waals surface area contributed by atoms with E-state index in [0.29, 0.717) is 19.6 Å². The molecule has 1 aliphatic rings. The van der Waals surface area contributed by atoms with Crippen molar-refractivity contribution in [3.63, 3.8) is 0 Å². The summed E-state index contributed by atoms with van der Waals surface area (Å²) in [5.74, 6) is -0.00837. The number of rotatable bonds is 4. The molecule has 0 radical (unpaired) electrons. The molecule has 2 heterocycles. The van der Waals surface area contributed by atoms with Crippen LogP contribution in [-0.4, -0.2) is 54.8 Å². The highest BCUT2D eigenvalue weighted by atomic mass is 35.5. The second-order valence-electron chi connectivity index (χ2n) is 4.52. The molecule has 104 valence electrons. The molecular weight excluding hydrogens is 286 g/mol. The lowest BCUT2D eigenvalue weighted by molar-refractivity contribution is -0.133. The molecule has 5 nitrogen and oxygen atoms in total. The zero-order valence-electron chi connectivity index (χ0n) is 10.7. The molecule has 2 rings (SSSR count). The number of hydrogen-bond acceptors (Lipinski definition) is 4. The van der Waals surface area contributed by atoms with Crippen molar-refractivity contribution in [3.8, 4) is 0 Å². The summed E-state index contributed by atoms with van der Waals surface area (Å²) in [6.07, 6.45) is 0. The molecule has 0 aliphatic carbocycles. The minimum atomic E-state index is -0.0215. The van der Waals surface area contributed by atoms with Gasteiger partial charge in [0.05, 0.1) is 24.0 Å². The Morgan fingerprint density at radius 1 is 1.58 bits per heavy atom. The maximum Gasteiger partial charge on any atom is 0.236 e.